The molecule has 0 heterocycles. The lowest BCUT2D eigenvalue weighted by Gasteiger charge is -1.97. The Morgan fingerprint density at radius 2 is 2.27 bits per heavy atom. The van der Waals surface area contributed by atoms with E-state index in [1.807, 2.05) is 0 Å². The molecule has 1 aromatic rings. The fourth-order valence-electron chi connectivity index (χ4n) is 0.786. The maximum atomic E-state index is 12.8. The molecule has 0 unspecified atom stereocenters. The van der Waals surface area contributed by atoms with Gasteiger partial charge < -0.3 is 10.5 Å². The molecule has 0 radical (unpaired) electrons. The summed E-state index contributed by atoms with van der Waals surface area (Å²) in [6, 6.07) is 4.28. The van der Waals surface area contributed by atoms with Crippen molar-refractivity contribution in [2.45, 2.75) is 6.61 Å². The third-order valence-electron chi connectivity index (χ3n) is 1.40. The lowest BCUT2D eigenvalue weighted by atomic mass is 10.1. The van der Waals surface area contributed by atoms with E-state index in [2.05, 4.69) is 0 Å². The van der Waals surface area contributed by atoms with Gasteiger partial charge in [-0.3, -0.25) is 0 Å². The summed E-state index contributed by atoms with van der Waals surface area (Å²) in [6.07, 6.45) is 0.941. The molecule has 1 aromatic carbocycles. The molecule has 0 aliphatic carbocycles. The first-order valence-electron chi connectivity index (χ1n) is 3.17. The van der Waals surface area contributed by atoms with Gasteiger partial charge in [0, 0.05) is 11.8 Å². The third-order valence-corrected chi connectivity index (χ3v) is 1.40. The van der Waals surface area contributed by atoms with Crippen LogP contribution in [0.15, 0.2) is 18.2 Å². The minimum absolute atomic E-state index is 0.171. The van der Waals surface area contributed by atoms with Crippen LogP contribution < -0.4 is 0 Å². The van der Waals surface area contributed by atoms with Gasteiger partial charge in [-0.05, 0) is 11.6 Å². The SMILES string of the molecule is N=Cc1ccc(CO)cc1F. The number of halogens is 1. The summed E-state index contributed by atoms with van der Waals surface area (Å²) in [5, 5.41) is 15.4. The van der Waals surface area contributed by atoms with Crippen LogP contribution in [-0.2, 0) is 6.61 Å². The minimum atomic E-state index is -0.466. The number of hydrogen-bond acceptors (Lipinski definition) is 2. The van der Waals surface area contributed by atoms with Gasteiger partial charge in [0.05, 0.1) is 6.61 Å². The largest absolute Gasteiger partial charge is 0.392 e. The molecule has 0 aromatic heterocycles. The van der Waals surface area contributed by atoms with Crippen LogP contribution in [0.3, 0.4) is 0 Å². The van der Waals surface area contributed by atoms with Crippen molar-refractivity contribution in [3.63, 3.8) is 0 Å². The van der Waals surface area contributed by atoms with Crippen LogP contribution in [0.25, 0.3) is 0 Å². The van der Waals surface area contributed by atoms with E-state index in [1.54, 1.807) is 6.07 Å². The molecule has 58 valence electrons. The Bertz CT molecular complexity index is 273. The van der Waals surface area contributed by atoms with Crippen molar-refractivity contribution in [1.82, 2.24) is 0 Å². The highest BCUT2D eigenvalue weighted by atomic mass is 19.1. The monoisotopic (exact) mass is 153 g/mol. The predicted molar refractivity (Wildman–Crippen MR) is 40.2 cm³/mol. The standard InChI is InChI=1S/C8H8FNO/c9-8-3-6(5-11)1-2-7(8)4-10/h1-4,10-11H,5H2. The number of benzene rings is 1. The Morgan fingerprint density at radius 1 is 1.55 bits per heavy atom. The van der Waals surface area contributed by atoms with Gasteiger partial charge in [0.2, 0.25) is 0 Å². The molecule has 2 nitrogen and oxygen atoms in total. The summed E-state index contributed by atoms with van der Waals surface area (Å²) in [5.41, 5.74) is 0.760. The van der Waals surface area contributed by atoms with E-state index < -0.39 is 5.82 Å². The van der Waals surface area contributed by atoms with Crippen molar-refractivity contribution in [3.8, 4) is 0 Å². The maximum Gasteiger partial charge on any atom is 0.132 e. The first-order valence-corrected chi connectivity index (χ1v) is 3.17. The summed E-state index contributed by atoms with van der Waals surface area (Å²) >= 11 is 0. The van der Waals surface area contributed by atoms with Gasteiger partial charge in [0.1, 0.15) is 5.82 Å². The molecule has 0 saturated carbocycles. The smallest absolute Gasteiger partial charge is 0.132 e. The quantitative estimate of drug-likeness (QED) is 0.618. The van der Waals surface area contributed by atoms with Crippen LogP contribution in [-0.4, -0.2) is 11.3 Å². The molecular weight excluding hydrogens is 145 g/mol. The second-order valence-electron chi connectivity index (χ2n) is 2.16. The summed E-state index contributed by atoms with van der Waals surface area (Å²) in [7, 11) is 0. The van der Waals surface area contributed by atoms with Gasteiger partial charge in [-0.15, -0.1) is 0 Å². The first kappa shape index (κ1) is 7.88. The van der Waals surface area contributed by atoms with Crippen molar-refractivity contribution < 1.29 is 9.50 Å². The molecule has 2 N–H and O–H groups in total. The van der Waals surface area contributed by atoms with Crippen LogP contribution in [0.2, 0.25) is 0 Å². The molecule has 0 aliphatic rings. The molecule has 0 fully saturated rings. The Hall–Kier alpha value is -1.22. The van der Waals surface area contributed by atoms with Crippen molar-refractivity contribution >= 4 is 6.21 Å². The zero-order chi connectivity index (χ0) is 8.27. The number of hydrogen-bond donors (Lipinski definition) is 2. The Labute approximate surface area is 63.8 Å². The van der Waals surface area contributed by atoms with E-state index >= 15 is 0 Å². The molecule has 0 saturated heterocycles. The van der Waals surface area contributed by atoms with E-state index in [9.17, 15) is 4.39 Å². The molecule has 1 rings (SSSR count). The van der Waals surface area contributed by atoms with E-state index in [-0.39, 0.29) is 12.2 Å². The fourth-order valence-corrected chi connectivity index (χ4v) is 0.786. The first-order chi connectivity index (χ1) is 5.27. The number of aliphatic hydroxyl groups is 1. The van der Waals surface area contributed by atoms with Gasteiger partial charge in [-0.2, -0.15) is 0 Å². The number of aliphatic hydroxyl groups excluding tert-OH is 1. The summed E-state index contributed by atoms with van der Waals surface area (Å²) < 4.78 is 12.8. The average Bonchev–Trinajstić information content (AvgIpc) is 2.04. The summed E-state index contributed by atoms with van der Waals surface area (Å²) in [4.78, 5) is 0. The van der Waals surface area contributed by atoms with Crippen molar-refractivity contribution in [1.29, 1.82) is 5.41 Å². The highest BCUT2D eigenvalue weighted by molar-refractivity contribution is 5.77. The second kappa shape index (κ2) is 3.25. The van der Waals surface area contributed by atoms with Gasteiger partial charge in [-0.1, -0.05) is 12.1 Å². The summed E-state index contributed by atoms with van der Waals surface area (Å²) in [6.45, 7) is -0.171. The average molecular weight is 153 g/mol. The Balaban J connectivity index is 3.09. The van der Waals surface area contributed by atoms with Crippen molar-refractivity contribution in [2.75, 3.05) is 0 Å². The van der Waals surface area contributed by atoms with Crippen LogP contribution in [0.5, 0.6) is 0 Å². The molecule has 0 bridgehead atoms. The molecule has 0 spiro atoms. The van der Waals surface area contributed by atoms with Crippen LogP contribution in [0, 0.1) is 11.2 Å². The second-order valence-corrected chi connectivity index (χ2v) is 2.16. The molecule has 0 atom stereocenters. The van der Waals surface area contributed by atoms with Crippen LogP contribution in [0.1, 0.15) is 11.1 Å². The topological polar surface area (TPSA) is 44.1 Å². The third kappa shape index (κ3) is 1.62. The van der Waals surface area contributed by atoms with Gasteiger partial charge in [0.25, 0.3) is 0 Å². The van der Waals surface area contributed by atoms with E-state index in [4.69, 9.17) is 10.5 Å². The maximum absolute atomic E-state index is 12.8. The van der Waals surface area contributed by atoms with Crippen molar-refractivity contribution in [2.24, 2.45) is 0 Å². The summed E-state index contributed by atoms with van der Waals surface area (Å²) in [5.74, 6) is -0.466. The Morgan fingerprint density at radius 3 is 2.73 bits per heavy atom. The van der Waals surface area contributed by atoms with Gasteiger partial charge in [-0.25, -0.2) is 4.39 Å². The number of nitrogens with one attached hydrogen (secondary N) is 1. The molecule has 0 amide bonds. The van der Waals surface area contributed by atoms with Crippen LogP contribution >= 0.6 is 0 Å². The zero-order valence-electron chi connectivity index (χ0n) is 5.84. The van der Waals surface area contributed by atoms with E-state index in [0.29, 0.717) is 5.56 Å². The van der Waals surface area contributed by atoms with Gasteiger partial charge >= 0.3 is 0 Å². The lowest BCUT2D eigenvalue weighted by molar-refractivity contribution is 0.281. The lowest BCUT2D eigenvalue weighted by Crippen LogP contribution is -1.90. The van der Waals surface area contributed by atoms with Crippen molar-refractivity contribution in [3.05, 3.63) is 35.1 Å². The van der Waals surface area contributed by atoms with Crippen LogP contribution in [0.4, 0.5) is 4.39 Å². The molecular formula is C8H8FNO. The van der Waals surface area contributed by atoms with E-state index in [1.165, 1.54) is 12.1 Å². The van der Waals surface area contributed by atoms with Gasteiger partial charge in [0.15, 0.2) is 0 Å². The predicted octanol–water partition coefficient (Wildman–Crippen LogP) is 1.32. The van der Waals surface area contributed by atoms with E-state index in [0.717, 1.165) is 6.21 Å². The minimum Gasteiger partial charge on any atom is -0.392 e. The fraction of sp³-hybridized carbons (Fsp3) is 0.125. The normalized spacial score (nSPS) is 9.64. The molecule has 11 heavy (non-hydrogen) atoms. The number of rotatable bonds is 2. The molecule has 3 heteroatoms. The highest BCUT2D eigenvalue weighted by Gasteiger charge is 1.98. The highest BCUT2D eigenvalue weighted by Crippen LogP contribution is 2.07. The molecule has 0 aliphatic heterocycles. The Kier molecular flexibility index (Phi) is 2.33. The zero-order valence-corrected chi connectivity index (χ0v) is 5.84.